The van der Waals surface area contributed by atoms with E-state index in [-0.39, 0.29) is 5.78 Å². The molecule has 0 bridgehead atoms. The average Bonchev–Trinajstić information content (AvgIpc) is 2.25. The topological polar surface area (TPSA) is 17.1 Å². The molecule has 0 heterocycles. The van der Waals surface area contributed by atoms with Crippen LogP contribution in [0.2, 0.25) is 0 Å². The largest absolute Gasteiger partial charge is 0.285 e. The zero-order valence-electron chi connectivity index (χ0n) is 8.12. The first-order chi connectivity index (χ1) is 6.83. The molecular weight excluding hydrogens is 192 g/mol. The van der Waals surface area contributed by atoms with Gasteiger partial charge in [0.1, 0.15) is 0 Å². The van der Waals surface area contributed by atoms with Crippen molar-refractivity contribution in [3.63, 3.8) is 0 Å². The lowest BCUT2D eigenvalue weighted by molar-refractivity contribution is -0.113. The Morgan fingerprint density at radius 1 is 1.36 bits per heavy atom. The molecule has 0 radical (unpaired) electrons. The molecule has 1 rings (SSSR count). The van der Waals surface area contributed by atoms with E-state index in [9.17, 15) is 4.79 Å². The summed E-state index contributed by atoms with van der Waals surface area (Å²) in [5.74, 6) is 6.34. The van der Waals surface area contributed by atoms with Gasteiger partial charge in [-0.2, -0.15) is 11.8 Å². The minimum absolute atomic E-state index is 0.0169. The molecule has 0 aliphatic carbocycles. The number of Topliss-reactive ketones (excluding diaryl/α,β-unsaturated/α-hetero) is 1. The fourth-order valence-corrected chi connectivity index (χ4v) is 1.31. The van der Waals surface area contributed by atoms with Crippen LogP contribution in [0.3, 0.4) is 0 Å². The maximum absolute atomic E-state index is 11.2. The van der Waals surface area contributed by atoms with Gasteiger partial charge in [-0.05, 0) is 24.3 Å². The van der Waals surface area contributed by atoms with Crippen LogP contribution in [0.4, 0.5) is 0 Å². The van der Waals surface area contributed by atoms with E-state index >= 15 is 0 Å². The molecule has 0 atom stereocenters. The molecule has 14 heavy (non-hydrogen) atoms. The molecule has 1 aromatic carbocycles. The molecule has 1 aromatic rings. The highest BCUT2D eigenvalue weighted by Gasteiger charge is 1.94. The lowest BCUT2D eigenvalue weighted by Crippen LogP contribution is -1.94. The molecule has 0 unspecified atom stereocenters. The first kappa shape index (κ1) is 10.9. The second-order valence-electron chi connectivity index (χ2n) is 2.78. The van der Waals surface area contributed by atoms with Crippen LogP contribution < -0.4 is 0 Å². The van der Waals surface area contributed by atoms with E-state index in [1.54, 1.807) is 11.8 Å². The molecule has 72 valence electrons. The Bertz CT molecular complexity index is 346. The van der Waals surface area contributed by atoms with Gasteiger partial charge in [0.05, 0.1) is 0 Å². The third kappa shape index (κ3) is 4.15. The molecule has 0 amide bonds. The number of carbonyl (C=O) groups is 1. The molecular formula is C12H12OS. The summed E-state index contributed by atoms with van der Waals surface area (Å²) in [6.45, 7) is 0. The van der Waals surface area contributed by atoms with Crippen molar-refractivity contribution < 1.29 is 4.79 Å². The lowest BCUT2D eigenvalue weighted by atomic mass is 10.2. The number of rotatable bonds is 3. The average molecular weight is 204 g/mol. The second kappa shape index (κ2) is 6.28. The first-order valence-electron chi connectivity index (χ1n) is 4.42. The Hall–Kier alpha value is -1.20. The van der Waals surface area contributed by atoms with Gasteiger partial charge in [-0.3, -0.25) is 4.79 Å². The van der Waals surface area contributed by atoms with E-state index in [2.05, 4.69) is 11.8 Å². The van der Waals surface area contributed by atoms with Gasteiger partial charge >= 0.3 is 0 Å². The number of hydrogen-bond donors (Lipinski definition) is 0. The monoisotopic (exact) mass is 204 g/mol. The summed E-state index contributed by atoms with van der Waals surface area (Å²) in [6, 6.07) is 9.55. The zero-order chi connectivity index (χ0) is 10.2. The van der Waals surface area contributed by atoms with E-state index in [0.29, 0.717) is 6.42 Å². The van der Waals surface area contributed by atoms with Crippen molar-refractivity contribution in [3.8, 4) is 11.8 Å². The molecule has 0 saturated carbocycles. The Balaban J connectivity index is 2.51. The summed E-state index contributed by atoms with van der Waals surface area (Å²) >= 11 is 1.66. The van der Waals surface area contributed by atoms with Crippen molar-refractivity contribution in [2.45, 2.75) is 6.42 Å². The maximum atomic E-state index is 11.2. The summed E-state index contributed by atoms with van der Waals surface area (Å²) in [6.07, 6.45) is 2.53. The summed E-state index contributed by atoms with van der Waals surface area (Å²) in [5, 5.41) is 0. The zero-order valence-corrected chi connectivity index (χ0v) is 8.93. The Morgan fingerprint density at radius 3 is 2.71 bits per heavy atom. The summed E-state index contributed by atoms with van der Waals surface area (Å²) in [4.78, 5) is 11.2. The summed E-state index contributed by atoms with van der Waals surface area (Å²) in [7, 11) is 0. The third-order valence-electron chi connectivity index (χ3n) is 1.65. The van der Waals surface area contributed by atoms with E-state index in [4.69, 9.17) is 0 Å². The Labute approximate surface area is 88.9 Å². The minimum atomic E-state index is 0.0169. The van der Waals surface area contributed by atoms with Gasteiger partial charge in [-0.15, -0.1) is 0 Å². The van der Waals surface area contributed by atoms with Crippen LogP contribution in [0.5, 0.6) is 0 Å². The van der Waals surface area contributed by atoms with Crippen LogP contribution in [0.25, 0.3) is 0 Å². The van der Waals surface area contributed by atoms with Crippen molar-refractivity contribution in [1.29, 1.82) is 0 Å². The molecule has 0 saturated heterocycles. The second-order valence-corrected chi connectivity index (χ2v) is 3.77. The summed E-state index contributed by atoms with van der Waals surface area (Å²) in [5.41, 5.74) is 0.894. The van der Waals surface area contributed by atoms with E-state index in [1.165, 1.54) is 0 Å². The van der Waals surface area contributed by atoms with Gasteiger partial charge in [-0.25, -0.2) is 0 Å². The SMILES string of the molecule is CSCCC(=O)C#Cc1ccccc1. The minimum Gasteiger partial charge on any atom is -0.285 e. The highest BCUT2D eigenvalue weighted by Crippen LogP contribution is 1.97. The van der Waals surface area contributed by atoms with Crippen LogP contribution in [-0.2, 0) is 4.79 Å². The van der Waals surface area contributed by atoms with Crippen LogP contribution in [0, 0.1) is 11.8 Å². The fourth-order valence-electron chi connectivity index (χ4n) is 0.921. The Kier molecular flexibility index (Phi) is 4.88. The van der Waals surface area contributed by atoms with Crippen LogP contribution >= 0.6 is 11.8 Å². The fraction of sp³-hybridized carbons (Fsp3) is 0.250. The first-order valence-corrected chi connectivity index (χ1v) is 5.81. The molecule has 0 N–H and O–H groups in total. The molecule has 2 heteroatoms. The number of benzene rings is 1. The number of thioether (sulfide) groups is 1. The van der Waals surface area contributed by atoms with Gasteiger partial charge in [0.15, 0.2) is 0 Å². The predicted molar refractivity (Wildman–Crippen MR) is 61.3 cm³/mol. The standard InChI is InChI=1S/C12H12OS/c1-14-10-9-12(13)8-7-11-5-3-2-4-6-11/h2-6H,9-10H2,1H3. The third-order valence-corrected chi connectivity index (χ3v) is 2.27. The van der Waals surface area contributed by atoms with Crippen LogP contribution in [-0.4, -0.2) is 17.8 Å². The van der Waals surface area contributed by atoms with E-state index in [0.717, 1.165) is 11.3 Å². The molecule has 0 fully saturated rings. The smallest absolute Gasteiger partial charge is 0.206 e. The normalized spacial score (nSPS) is 8.93. The highest BCUT2D eigenvalue weighted by atomic mass is 32.2. The van der Waals surface area contributed by atoms with Crippen molar-refractivity contribution in [2.24, 2.45) is 0 Å². The molecule has 0 spiro atoms. The van der Waals surface area contributed by atoms with E-state index in [1.807, 2.05) is 36.6 Å². The van der Waals surface area contributed by atoms with Gasteiger partial charge in [0.25, 0.3) is 0 Å². The van der Waals surface area contributed by atoms with Gasteiger partial charge in [0.2, 0.25) is 5.78 Å². The number of hydrogen-bond acceptors (Lipinski definition) is 2. The summed E-state index contributed by atoms with van der Waals surface area (Å²) < 4.78 is 0. The Morgan fingerprint density at radius 2 is 2.07 bits per heavy atom. The van der Waals surface area contributed by atoms with Crippen molar-refractivity contribution in [1.82, 2.24) is 0 Å². The highest BCUT2D eigenvalue weighted by molar-refractivity contribution is 7.98. The van der Waals surface area contributed by atoms with E-state index < -0.39 is 0 Å². The van der Waals surface area contributed by atoms with Gasteiger partial charge in [-0.1, -0.05) is 24.1 Å². The molecule has 1 nitrogen and oxygen atoms in total. The van der Waals surface area contributed by atoms with Crippen LogP contribution in [0.15, 0.2) is 30.3 Å². The maximum Gasteiger partial charge on any atom is 0.206 e. The lowest BCUT2D eigenvalue weighted by Gasteiger charge is -1.89. The predicted octanol–water partition coefficient (Wildman–Crippen LogP) is 2.36. The van der Waals surface area contributed by atoms with Crippen molar-refractivity contribution >= 4 is 17.5 Å². The quantitative estimate of drug-likeness (QED) is 0.703. The number of ketones is 1. The van der Waals surface area contributed by atoms with Crippen LogP contribution in [0.1, 0.15) is 12.0 Å². The van der Waals surface area contributed by atoms with Gasteiger partial charge < -0.3 is 0 Å². The molecule has 0 aromatic heterocycles. The van der Waals surface area contributed by atoms with Crippen molar-refractivity contribution in [2.75, 3.05) is 12.0 Å². The molecule has 0 aliphatic rings. The van der Waals surface area contributed by atoms with Gasteiger partial charge in [0, 0.05) is 17.7 Å². The van der Waals surface area contributed by atoms with Crippen molar-refractivity contribution in [3.05, 3.63) is 35.9 Å². The number of carbonyl (C=O) groups excluding carboxylic acids is 1. The molecule has 0 aliphatic heterocycles.